The fourth-order valence-corrected chi connectivity index (χ4v) is 11.1. The topological polar surface area (TPSA) is 0 Å². The average Bonchev–Trinajstić information content (AvgIpc) is 2.81. The molecule has 0 radical (unpaired) electrons. The second kappa shape index (κ2) is 8.56. The number of hydrogen-bond donors (Lipinski definition) is 0. The van der Waals surface area contributed by atoms with Crippen molar-refractivity contribution in [2.24, 2.45) is 0 Å². The predicted octanol–water partition coefficient (Wildman–Crippen LogP) is 5.97. The molecule has 0 aliphatic heterocycles. The van der Waals surface area contributed by atoms with E-state index in [1.165, 1.54) is 26.7 Å². The SMILES string of the molecule is CC(C)(C)c1ccc(C(C)(C)[Si](c2ccccc2)(c2ccccc2)c2ccccc2)cc1. The van der Waals surface area contributed by atoms with Crippen LogP contribution in [-0.4, -0.2) is 8.07 Å². The van der Waals surface area contributed by atoms with Gasteiger partial charge in [0.25, 0.3) is 0 Å². The molecule has 0 saturated carbocycles. The van der Waals surface area contributed by atoms with Gasteiger partial charge in [-0.05, 0) is 37.1 Å². The highest BCUT2D eigenvalue weighted by molar-refractivity contribution is 7.13. The first-order valence-electron chi connectivity index (χ1n) is 11.6. The van der Waals surface area contributed by atoms with E-state index < -0.39 is 8.07 Å². The highest BCUT2D eigenvalue weighted by Crippen LogP contribution is 2.35. The van der Waals surface area contributed by atoms with Gasteiger partial charge in [-0.2, -0.15) is 0 Å². The molecule has 4 aromatic rings. The van der Waals surface area contributed by atoms with Gasteiger partial charge in [-0.1, -0.05) is 150 Å². The molecule has 0 unspecified atom stereocenters. The summed E-state index contributed by atoms with van der Waals surface area (Å²) in [7, 11) is -2.46. The van der Waals surface area contributed by atoms with Crippen molar-refractivity contribution in [2.45, 2.75) is 45.1 Å². The molecule has 0 spiro atoms. The zero-order valence-electron chi connectivity index (χ0n) is 20.0. The minimum Gasteiger partial charge on any atom is -0.0624 e. The Hall–Kier alpha value is -2.90. The molecule has 0 aromatic heterocycles. The van der Waals surface area contributed by atoms with Crippen molar-refractivity contribution in [1.82, 2.24) is 0 Å². The Morgan fingerprint density at radius 1 is 0.406 bits per heavy atom. The molecule has 0 amide bonds. The summed E-state index contributed by atoms with van der Waals surface area (Å²) in [6.45, 7) is 11.8. The lowest BCUT2D eigenvalue weighted by Gasteiger charge is -2.47. The third-order valence-electron chi connectivity index (χ3n) is 7.03. The third-order valence-corrected chi connectivity index (χ3v) is 12.8. The molecular weight excluding hydrogens is 400 g/mol. The first-order chi connectivity index (χ1) is 15.3. The van der Waals surface area contributed by atoms with Gasteiger partial charge in [-0.25, -0.2) is 0 Å². The van der Waals surface area contributed by atoms with Gasteiger partial charge in [-0.15, -0.1) is 0 Å². The van der Waals surface area contributed by atoms with Crippen LogP contribution in [0.3, 0.4) is 0 Å². The number of rotatable bonds is 5. The minimum atomic E-state index is -2.46. The van der Waals surface area contributed by atoms with E-state index in [0.717, 1.165) is 0 Å². The maximum absolute atomic E-state index is 2.46. The molecule has 0 aliphatic carbocycles. The second-order valence-electron chi connectivity index (χ2n) is 10.3. The van der Waals surface area contributed by atoms with Crippen LogP contribution in [0.15, 0.2) is 115 Å². The van der Waals surface area contributed by atoms with Gasteiger partial charge < -0.3 is 0 Å². The first kappa shape index (κ1) is 22.3. The van der Waals surface area contributed by atoms with E-state index in [1.54, 1.807) is 0 Å². The number of benzene rings is 4. The van der Waals surface area contributed by atoms with Crippen molar-refractivity contribution in [3.63, 3.8) is 0 Å². The zero-order chi connectivity index (χ0) is 22.8. The largest absolute Gasteiger partial charge is 0.158 e. The second-order valence-corrected chi connectivity index (χ2v) is 14.8. The minimum absolute atomic E-state index is 0.0759. The summed E-state index contributed by atoms with van der Waals surface area (Å²) in [6, 6.07) is 43.0. The van der Waals surface area contributed by atoms with Crippen molar-refractivity contribution < 1.29 is 0 Å². The molecule has 4 aromatic carbocycles. The van der Waals surface area contributed by atoms with Crippen molar-refractivity contribution >= 4 is 23.6 Å². The molecule has 0 heterocycles. The molecule has 4 rings (SSSR count). The van der Waals surface area contributed by atoms with Gasteiger partial charge in [0.15, 0.2) is 8.07 Å². The lowest BCUT2D eigenvalue weighted by molar-refractivity contribution is 0.589. The van der Waals surface area contributed by atoms with E-state index in [9.17, 15) is 0 Å². The molecule has 32 heavy (non-hydrogen) atoms. The number of hydrogen-bond acceptors (Lipinski definition) is 0. The third kappa shape index (κ3) is 3.76. The van der Waals surface area contributed by atoms with E-state index in [2.05, 4.69) is 150 Å². The van der Waals surface area contributed by atoms with Crippen LogP contribution in [0.5, 0.6) is 0 Å². The Labute approximate surface area is 195 Å². The van der Waals surface area contributed by atoms with Gasteiger partial charge in [0.2, 0.25) is 0 Å². The standard InChI is InChI=1S/C31H34Si/c1-30(2,3)25-21-23-26(24-22-25)31(4,5)32(27-15-9-6-10-16-27,28-17-11-7-12-18-28)29-19-13-8-14-20-29/h6-24H,1-5H3. The van der Waals surface area contributed by atoms with E-state index >= 15 is 0 Å². The molecule has 0 nitrogen and oxygen atoms in total. The monoisotopic (exact) mass is 434 g/mol. The molecule has 1 heteroatoms. The summed E-state index contributed by atoms with van der Waals surface area (Å²) >= 11 is 0. The summed E-state index contributed by atoms with van der Waals surface area (Å²) in [5.41, 5.74) is 2.92. The van der Waals surface area contributed by atoms with Crippen molar-refractivity contribution in [2.75, 3.05) is 0 Å². The molecule has 0 bridgehead atoms. The summed E-state index contributed by atoms with van der Waals surface area (Å²) in [5, 5.41) is 4.26. The summed E-state index contributed by atoms with van der Waals surface area (Å²) in [5.74, 6) is 0. The molecule has 0 atom stereocenters. The van der Waals surface area contributed by atoms with Crippen LogP contribution in [0.25, 0.3) is 0 Å². The molecule has 0 aliphatic rings. The van der Waals surface area contributed by atoms with Crippen LogP contribution in [0.1, 0.15) is 45.7 Å². The normalized spacial score (nSPS) is 12.5. The fourth-order valence-electron chi connectivity index (χ4n) is 5.25. The first-order valence-corrected chi connectivity index (χ1v) is 13.6. The van der Waals surface area contributed by atoms with Crippen molar-refractivity contribution in [3.8, 4) is 0 Å². The van der Waals surface area contributed by atoms with Crippen LogP contribution in [0.2, 0.25) is 0 Å². The van der Waals surface area contributed by atoms with Crippen LogP contribution in [0.4, 0.5) is 0 Å². The van der Waals surface area contributed by atoms with E-state index in [0.29, 0.717) is 0 Å². The molecule has 162 valence electrons. The Morgan fingerprint density at radius 2 is 0.719 bits per heavy atom. The van der Waals surface area contributed by atoms with Crippen molar-refractivity contribution in [3.05, 3.63) is 126 Å². The maximum Gasteiger partial charge on any atom is 0.158 e. The Balaban J connectivity index is 2.05. The Bertz CT molecular complexity index is 1040. The van der Waals surface area contributed by atoms with E-state index in [-0.39, 0.29) is 10.5 Å². The lowest BCUT2D eigenvalue weighted by Crippen LogP contribution is -2.76. The highest BCUT2D eigenvalue weighted by atomic mass is 28.3. The Kier molecular flexibility index (Phi) is 5.96. The quantitative estimate of drug-likeness (QED) is 0.268. The maximum atomic E-state index is 2.46. The highest BCUT2D eigenvalue weighted by Gasteiger charge is 2.52. The van der Waals surface area contributed by atoms with Gasteiger partial charge in [0.1, 0.15) is 0 Å². The van der Waals surface area contributed by atoms with Gasteiger partial charge >= 0.3 is 0 Å². The molecule has 0 N–H and O–H groups in total. The lowest BCUT2D eigenvalue weighted by atomic mass is 9.86. The smallest absolute Gasteiger partial charge is 0.0624 e. The van der Waals surface area contributed by atoms with Gasteiger partial charge in [0, 0.05) is 0 Å². The predicted molar refractivity (Wildman–Crippen MR) is 142 cm³/mol. The molecule has 0 saturated heterocycles. The van der Waals surface area contributed by atoms with Crippen LogP contribution < -0.4 is 15.6 Å². The van der Waals surface area contributed by atoms with Crippen LogP contribution >= 0.6 is 0 Å². The van der Waals surface area contributed by atoms with Gasteiger partial charge in [-0.3, -0.25) is 0 Å². The fraction of sp³-hybridized carbons (Fsp3) is 0.226. The van der Waals surface area contributed by atoms with E-state index in [1.807, 2.05) is 0 Å². The zero-order valence-corrected chi connectivity index (χ0v) is 21.0. The summed E-state index contributed by atoms with van der Waals surface area (Å²) in [6.07, 6.45) is 0. The average molecular weight is 435 g/mol. The van der Waals surface area contributed by atoms with Gasteiger partial charge in [0.05, 0.1) is 0 Å². The Morgan fingerprint density at radius 3 is 1.03 bits per heavy atom. The van der Waals surface area contributed by atoms with E-state index in [4.69, 9.17) is 0 Å². The molecular formula is C31H34Si. The summed E-state index contributed by atoms with van der Waals surface area (Å²) in [4.78, 5) is 0. The van der Waals surface area contributed by atoms with Crippen LogP contribution in [0, 0.1) is 0 Å². The summed E-state index contributed by atoms with van der Waals surface area (Å²) < 4.78 is 0. The van der Waals surface area contributed by atoms with Crippen molar-refractivity contribution in [1.29, 1.82) is 0 Å². The molecule has 0 fully saturated rings. The van der Waals surface area contributed by atoms with Crippen LogP contribution in [-0.2, 0) is 10.5 Å².